The van der Waals surface area contributed by atoms with Crippen LogP contribution in [0.2, 0.25) is 0 Å². The van der Waals surface area contributed by atoms with Crippen LogP contribution < -0.4 is 0 Å². The first-order valence-electron chi connectivity index (χ1n) is 8.91. The van der Waals surface area contributed by atoms with Gasteiger partial charge in [-0.15, -0.1) is 0 Å². The molecule has 1 aliphatic rings. The fraction of sp³-hybridized carbons (Fsp3) is 0.833. The van der Waals surface area contributed by atoms with E-state index < -0.39 is 0 Å². The van der Waals surface area contributed by atoms with Crippen molar-refractivity contribution in [3.05, 3.63) is 12.2 Å². The molecule has 0 aromatic rings. The minimum Gasteiger partial charge on any atom is -0.345 e. The van der Waals surface area contributed by atoms with E-state index in [0.717, 1.165) is 26.1 Å². The predicted octanol–water partition coefficient (Wildman–Crippen LogP) is 4.27. The number of aliphatic hydroxyl groups excluding tert-OH is 1. The quantitative estimate of drug-likeness (QED) is 0.344. The molecular weight excluding hydrogens is 260 g/mol. The van der Waals surface area contributed by atoms with Gasteiger partial charge in [0.25, 0.3) is 0 Å². The van der Waals surface area contributed by atoms with E-state index >= 15 is 0 Å². The van der Waals surface area contributed by atoms with E-state index in [9.17, 15) is 5.11 Å². The smallest absolute Gasteiger partial charge is 0.200 e. The normalized spacial score (nSPS) is 23.7. The molecule has 1 N–H and O–H groups in total. The molecule has 1 rings (SSSR count). The fourth-order valence-electron chi connectivity index (χ4n) is 3.23. The van der Waals surface area contributed by atoms with E-state index in [2.05, 4.69) is 31.0 Å². The summed E-state index contributed by atoms with van der Waals surface area (Å²) in [4.78, 5) is 4.66. The summed E-state index contributed by atoms with van der Waals surface area (Å²) in [5.74, 6) is 1.22. The van der Waals surface area contributed by atoms with Gasteiger partial charge in [-0.2, -0.15) is 0 Å². The van der Waals surface area contributed by atoms with Crippen LogP contribution in [-0.4, -0.2) is 41.3 Å². The molecule has 0 saturated carbocycles. The first kappa shape index (κ1) is 18.4. The molecule has 3 heteroatoms. The number of aliphatic imine (C=N–C) groups is 1. The zero-order valence-corrected chi connectivity index (χ0v) is 14.4. The van der Waals surface area contributed by atoms with Gasteiger partial charge in [0.05, 0.1) is 13.1 Å². The van der Waals surface area contributed by atoms with Crippen LogP contribution >= 0.6 is 0 Å². The number of likely N-dealkylation sites (N-methyl/N-ethyl adjacent to an activating group) is 1. The molecule has 122 valence electrons. The van der Waals surface area contributed by atoms with Crippen LogP contribution in [0, 0.1) is 0 Å². The van der Waals surface area contributed by atoms with Crippen LogP contribution in [0.1, 0.15) is 72.1 Å². The van der Waals surface area contributed by atoms with E-state index in [-0.39, 0.29) is 6.23 Å². The molecule has 0 fully saturated rings. The maximum absolute atomic E-state index is 10.1. The summed E-state index contributed by atoms with van der Waals surface area (Å²) in [6.45, 7) is 9.12. The van der Waals surface area contributed by atoms with Crippen molar-refractivity contribution >= 4 is 5.84 Å². The topological polar surface area (TPSA) is 32.6 Å². The lowest BCUT2D eigenvalue weighted by Gasteiger charge is -2.36. The molecule has 21 heavy (non-hydrogen) atoms. The SMILES string of the molecule is CCCCC/C=C/CCCCC1=NCC[N+]1(CC)C(C)O. The Kier molecular flexibility index (Phi) is 8.86. The third-order valence-electron chi connectivity index (χ3n) is 4.75. The van der Waals surface area contributed by atoms with Gasteiger partial charge in [0.15, 0.2) is 6.23 Å². The summed E-state index contributed by atoms with van der Waals surface area (Å²) in [6.07, 6.45) is 14.2. The Hall–Kier alpha value is -0.670. The van der Waals surface area contributed by atoms with Gasteiger partial charge >= 0.3 is 0 Å². The molecule has 2 unspecified atom stereocenters. The Morgan fingerprint density at radius 2 is 1.81 bits per heavy atom. The molecule has 1 aliphatic heterocycles. The predicted molar refractivity (Wildman–Crippen MR) is 91.4 cm³/mol. The lowest BCUT2D eigenvalue weighted by Crippen LogP contribution is -2.56. The molecular formula is C18H35N2O+. The average molecular weight is 295 g/mol. The summed E-state index contributed by atoms with van der Waals surface area (Å²) in [7, 11) is 0. The number of hydrogen-bond acceptors (Lipinski definition) is 2. The molecule has 0 amide bonds. The van der Waals surface area contributed by atoms with Crippen molar-refractivity contribution in [2.75, 3.05) is 19.6 Å². The van der Waals surface area contributed by atoms with Gasteiger partial charge in [-0.1, -0.05) is 31.9 Å². The van der Waals surface area contributed by atoms with Crippen molar-refractivity contribution < 1.29 is 9.59 Å². The first-order chi connectivity index (χ1) is 10.2. The van der Waals surface area contributed by atoms with Crippen molar-refractivity contribution in [3.63, 3.8) is 0 Å². The van der Waals surface area contributed by atoms with Crippen LogP contribution in [0.15, 0.2) is 17.1 Å². The minimum absolute atomic E-state index is 0.324. The molecule has 1 heterocycles. The second-order valence-corrected chi connectivity index (χ2v) is 6.22. The summed E-state index contributed by atoms with van der Waals surface area (Å²) in [5.41, 5.74) is 0. The van der Waals surface area contributed by atoms with Gasteiger partial charge in [0.1, 0.15) is 6.54 Å². The maximum atomic E-state index is 10.1. The zero-order valence-electron chi connectivity index (χ0n) is 14.4. The van der Waals surface area contributed by atoms with Gasteiger partial charge in [0.2, 0.25) is 5.84 Å². The monoisotopic (exact) mass is 295 g/mol. The highest BCUT2D eigenvalue weighted by atomic mass is 16.3. The van der Waals surface area contributed by atoms with Crippen LogP contribution in [0.3, 0.4) is 0 Å². The molecule has 0 radical (unpaired) electrons. The number of hydrogen-bond donors (Lipinski definition) is 1. The lowest BCUT2D eigenvalue weighted by atomic mass is 10.1. The van der Waals surface area contributed by atoms with Gasteiger partial charge in [-0.3, -0.25) is 4.48 Å². The molecule has 0 bridgehead atoms. The largest absolute Gasteiger partial charge is 0.345 e. The molecule has 0 saturated heterocycles. The van der Waals surface area contributed by atoms with Gasteiger partial charge in [-0.25, -0.2) is 4.99 Å². The Morgan fingerprint density at radius 1 is 1.14 bits per heavy atom. The zero-order chi connectivity index (χ0) is 15.6. The van der Waals surface area contributed by atoms with Crippen LogP contribution in [0.25, 0.3) is 0 Å². The summed E-state index contributed by atoms with van der Waals surface area (Å²) in [5, 5.41) is 10.1. The third kappa shape index (κ3) is 5.55. The van der Waals surface area contributed by atoms with Crippen LogP contribution in [0.4, 0.5) is 0 Å². The Balaban J connectivity index is 2.20. The number of aliphatic hydroxyl groups is 1. The van der Waals surface area contributed by atoms with Crippen molar-refractivity contribution in [2.45, 2.75) is 78.4 Å². The number of amidine groups is 1. The molecule has 0 aromatic carbocycles. The molecule has 2 atom stereocenters. The van der Waals surface area contributed by atoms with Crippen LogP contribution in [-0.2, 0) is 0 Å². The van der Waals surface area contributed by atoms with Gasteiger partial charge in [-0.05, 0) is 39.0 Å². The van der Waals surface area contributed by atoms with Crippen molar-refractivity contribution in [3.8, 4) is 0 Å². The Morgan fingerprint density at radius 3 is 2.38 bits per heavy atom. The van der Waals surface area contributed by atoms with Gasteiger partial charge in [0, 0.05) is 13.3 Å². The van der Waals surface area contributed by atoms with Gasteiger partial charge < -0.3 is 5.11 Å². The Labute approximate surface area is 131 Å². The lowest BCUT2D eigenvalue weighted by molar-refractivity contribution is -0.882. The van der Waals surface area contributed by atoms with E-state index in [1.54, 1.807) is 0 Å². The highest BCUT2D eigenvalue weighted by molar-refractivity contribution is 5.76. The second-order valence-electron chi connectivity index (χ2n) is 6.22. The van der Waals surface area contributed by atoms with Crippen molar-refractivity contribution in [1.29, 1.82) is 0 Å². The summed E-state index contributed by atoms with van der Waals surface area (Å²) < 4.78 is 0.701. The fourth-order valence-corrected chi connectivity index (χ4v) is 3.23. The number of allylic oxidation sites excluding steroid dienone is 2. The molecule has 3 nitrogen and oxygen atoms in total. The number of unbranched alkanes of at least 4 members (excludes halogenated alkanes) is 5. The average Bonchev–Trinajstić information content (AvgIpc) is 2.89. The van der Waals surface area contributed by atoms with Crippen LogP contribution in [0.5, 0.6) is 0 Å². The summed E-state index contributed by atoms with van der Waals surface area (Å²) >= 11 is 0. The van der Waals surface area contributed by atoms with E-state index in [1.165, 1.54) is 50.8 Å². The second kappa shape index (κ2) is 10.1. The number of rotatable bonds is 11. The molecule has 0 spiro atoms. The minimum atomic E-state index is -0.324. The highest BCUT2D eigenvalue weighted by Gasteiger charge is 2.40. The van der Waals surface area contributed by atoms with Crippen molar-refractivity contribution in [1.82, 2.24) is 0 Å². The summed E-state index contributed by atoms with van der Waals surface area (Å²) in [6, 6.07) is 0. The van der Waals surface area contributed by atoms with E-state index in [1.807, 2.05) is 6.92 Å². The van der Waals surface area contributed by atoms with E-state index in [0.29, 0.717) is 4.48 Å². The molecule has 0 aliphatic carbocycles. The highest BCUT2D eigenvalue weighted by Crippen LogP contribution is 2.22. The number of nitrogens with zero attached hydrogens (tertiary/aromatic N) is 2. The van der Waals surface area contributed by atoms with E-state index in [4.69, 9.17) is 0 Å². The maximum Gasteiger partial charge on any atom is 0.200 e. The number of quaternary nitrogens is 1. The van der Waals surface area contributed by atoms with Crippen molar-refractivity contribution in [2.24, 2.45) is 4.99 Å². The molecule has 0 aromatic heterocycles. The standard InChI is InChI=1S/C18H35N2O/c1-4-6-7-8-9-10-11-12-13-14-18-19-15-16-20(18,5-2)17(3)21/h9-10,17,21H,4-8,11-16H2,1-3H3/q+1/b10-9+. The first-order valence-corrected chi connectivity index (χ1v) is 8.91. The third-order valence-corrected chi connectivity index (χ3v) is 4.75. The Bertz CT molecular complexity index is 336.